The van der Waals surface area contributed by atoms with E-state index in [9.17, 15) is 0 Å². The largest absolute Gasteiger partial charge is 0.396 e. The fourth-order valence-electron chi connectivity index (χ4n) is 1.45. The van der Waals surface area contributed by atoms with Crippen molar-refractivity contribution in [1.82, 2.24) is 19.6 Å². The number of hydrogen-bond acceptors (Lipinski definition) is 4. The minimum atomic E-state index is 0.109. The molecule has 5 nitrogen and oxygen atoms in total. The summed E-state index contributed by atoms with van der Waals surface area (Å²) in [6.45, 7) is 3.84. The van der Waals surface area contributed by atoms with Gasteiger partial charge in [0.15, 0.2) is 0 Å². The van der Waals surface area contributed by atoms with Crippen LogP contribution in [0.5, 0.6) is 0 Å². The average Bonchev–Trinajstić information content (AvgIpc) is 2.45. The van der Waals surface area contributed by atoms with Crippen molar-refractivity contribution in [2.45, 2.75) is 20.3 Å². The topological polar surface area (TPSA) is 63.3 Å². The van der Waals surface area contributed by atoms with Crippen LogP contribution in [-0.2, 0) is 6.42 Å². The van der Waals surface area contributed by atoms with Gasteiger partial charge in [-0.15, -0.1) is 0 Å². The highest BCUT2D eigenvalue weighted by Gasteiger charge is 2.06. The summed E-state index contributed by atoms with van der Waals surface area (Å²) < 4.78 is 1.68. The lowest BCUT2D eigenvalue weighted by atomic mass is 10.3. The Hall–Kier alpha value is -1.49. The monoisotopic (exact) mass is 192 g/mol. The Morgan fingerprint density at radius 3 is 2.86 bits per heavy atom. The summed E-state index contributed by atoms with van der Waals surface area (Å²) in [6.07, 6.45) is 0.572. The molecule has 0 aliphatic rings. The highest BCUT2D eigenvalue weighted by Crippen LogP contribution is 2.06. The van der Waals surface area contributed by atoms with Gasteiger partial charge in [-0.25, -0.2) is 9.50 Å². The maximum atomic E-state index is 8.89. The van der Waals surface area contributed by atoms with Crippen molar-refractivity contribution >= 4 is 5.78 Å². The SMILES string of the molecule is Cc1cc(CCO)n2nc(C)nc2n1. The zero-order valence-electron chi connectivity index (χ0n) is 8.23. The second-order valence-corrected chi connectivity index (χ2v) is 3.23. The van der Waals surface area contributed by atoms with Crippen LogP contribution >= 0.6 is 0 Å². The van der Waals surface area contributed by atoms with Crippen LogP contribution in [0.15, 0.2) is 6.07 Å². The fraction of sp³-hybridized carbons (Fsp3) is 0.444. The number of aromatic nitrogens is 4. The number of aryl methyl sites for hydroxylation is 2. The summed E-state index contributed by atoms with van der Waals surface area (Å²) >= 11 is 0. The quantitative estimate of drug-likeness (QED) is 0.742. The van der Waals surface area contributed by atoms with E-state index in [4.69, 9.17) is 5.11 Å². The van der Waals surface area contributed by atoms with Crippen molar-refractivity contribution in [3.8, 4) is 0 Å². The first-order valence-corrected chi connectivity index (χ1v) is 4.51. The van der Waals surface area contributed by atoms with Gasteiger partial charge in [-0.3, -0.25) is 0 Å². The third kappa shape index (κ3) is 1.46. The lowest BCUT2D eigenvalue weighted by molar-refractivity contribution is 0.297. The van der Waals surface area contributed by atoms with Crippen LogP contribution in [0.2, 0.25) is 0 Å². The highest BCUT2D eigenvalue weighted by atomic mass is 16.3. The molecule has 0 atom stereocenters. The van der Waals surface area contributed by atoms with Crippen molar-refractivity contribution in [3.05, 3.63) is 23.3 Å². The molecule has 2 aromatic rings. The highest BCUT2D eigenvalue weighted by molar-refractivity contribution is 5.31. The molecule has 2 rings (SSSR count). The van der Waals surface area contributed by atoms with E-state index < -0.39 is 0 Å². The summed E-state index contributed by atoms with van der Waals surface area (Å²) in [5, 5.41) is 13.1. The van der Waals surface area contributed by atoms with E-state index in [1.54, 1.807) is 4.52 Å². The molecule has 2 aromatic heterocycles. The maximum Gasteiger partial charge on any atom is 0.252 e. The summed E-state index contributed by atoms with van der Waals surface area (Å²) in [7, 11) is 0. The molecule has 0 saturated heterocycles. The van der Waals surface area contributed by atoms with Crippen molar-refractivity contribution in [2.75, 3.05) is 6.61 Å². The molecule has 0 radical (unpaired) electrons. The Labute approximate surface area is 81.4 Å². The Bertz CT molecular complexity index is 463. The second kappa shape index (κ2) is 3.34. The Morgan fingerprint density at radius 2 is 2.14 bits per heavy atom. The van der Waals surface area contributed by atoms with E-state index in [0.717, 1.165) is 11.4 Å². The van der Waals surface area contributed by atoms with Gasteiger partial charge in [-0.1, -0.05) is 0 Å². The predicted molar refractivity (Wildman–Crippen MR) is 51.0 cm³/mol. The third-order valence-corrected chi connectivity index (χ3v) is 1.99. The zero-order chi connectivity index (χ0) is 10.1. The van der Waals surface area contributed by atoms with Crippen LogP contribution in [0.1, 0.15) is 17.2 Å². The maximum absolute atomic E-state index is 8.89. The molecule has 0 bridgehead atoms. The summed E-state index contributed by atoms with van der Waals surface area (Å²) in [5.74, 6) is 1.30. The van der Waals surface area contributed by atoms with Gasteiger partial charge in [-0.05, 0) is 19.9 Å². The van der Waals surface area contributed by atoms with Gasteiger partial charge in [0, 0.05) is 18.7 Å². The Morgan fingerprint density at radius 1 is 1.36 bits per heavy atom. The van der Waals surface area contributed by atoms with Gasteiger partial charge in [0.1, 0.15) is 5.82 Å². The molecular formula is C9H12N4O. The molecule has 0 spiro atoms. The number of aliphatic hydroxyl groups is 1. The van der Waals surface area contributed by atoms with Crippen LogP contribution in [0.4, 0.5) is 0 Å². The Kier molecular flexibility index (Phi) is 2.17. The minimum absolute atomic E-state index is 0.109. The second-order valence-electron chi connectivity index (χ2n) is 3.23. The van der Waals surface area contributed by atoms with Crippen molar-refractivity contribution in [2.24, 2.45) is 0 Å². The van der Waals surface area contributed by atoms with Gasteiger partial charge in [0.25, 0.3) is 5.78 Å². The van der Waals surface area contributed by atoms with Gasteiger partial charge in [0.2, 0.25) is 0 Å². The standard InChI is InChI=1S/C9H12N4O/c1-6-5-8(3-4-14)13-9(10-6)11-7(2)12-13/h5,14H,3-4H2,1-2H3. The molecule has 0 fully saturated rings. The van der Waals surface area contributed by atoms with E-state index in [1.807, 2.05) is 19.9 Å². The molecule has 0 saturated carbocycles. The van der Waals surface area contributed by atoms with E-state index in [1.165, 1.54) is 0 Å². The average molecular weight is 192 g/mol. The van der Waals surface area contributed by atoms with Crippen molar-refractivity contribution in [3.63, 3.8) is 0 Å². The molecule has 0 aliphatic heterocycles. The van der Waals surface area contributed by atoms with E-state index >= 15 is 0 Å². The first-order chi connectivity index (χ1) is 6.70. The molecule has 74 valence electrons. The van der Waals surface area contributed by atoms with Crippen LogP contribution in [0.3, 0.4) is 0 Å². The first-order valence-electron chi connectivity index (χ1n) is 4.51. The minimum Gasteiger partial charge on any atom is -0.396 e. The van der Waals surface area contributed by atoms with Crippen molar-refractivity contribution in [1.29, 1.82) is 0 Å². The van der Waals surface area contributed by atoms with Gasteiger partial charge in [0.05, 0.1) is 5.69 Å². The zero-order valence-corrected chi connectivity index (χ0v) is 8.23. The van der Waals surface area contributed by atoms with E-state index in [0.29, 0.717) is 18.0 Å². The molecule has 1 N–H and O–H groups in total. The van der Waals surface area contributed by atoms with Gasteiger partial charge in [-0.2, -0.15) is 10.1 Å². The number of nitrogens with zero attached hydrogens (tertiary/aromatic N) is 4. The normalized spacial score (nSPS) is 11.1. The molecular weight excluding hydrogens is 180 g/mol. The number of rotatable bonds is 2. The fourth-order valence-corrected chi connectivity index (χ4v) is 1.45. The molecule has 14 heavy (non-hydrogen) atoms. The summed E-state index contributed by atoms with van der Waals surface area (Å²) in [6, 6.07) is 1.91. The lowest BCUT2D eigenvalue weighted by Gasteiger charge is -2.02. The first kappa shape index (κ1) is 9.08. The van der Waals surface area contributed by atoms with Gasteiger partial charge >= 0.3 is 0 Å². The van der Waals surface area contributed by atoms with Gasteiger partial charge < -0.3 is 5.11 Å². The number of hydrogen-bond donors (Lipinski definition) is 1. The van der Waals surface area contributed by atoms with Crippen LogP contribution in [0, 0.1) is 13.8 Å². The van der Waals surface area contributed by atoms with Crippen LogP contribution < -0.4 is 0 Å². The number of aliphatic hydroxyl groups excluding tert-OH is 1. The van der Waals surface area contributed by atoms with Crippen LogP contribution in [0.25, 0.3) is 5.78 Å². The van der Waals surface area contributed by atoms with E-state index in [2.05, 4.69) is 15.1 Å². The summed E-state index contributed by atoms with van der Waals surface area (Å²) in [5.41, 5.74) is 1.84. The Balaban J connectivity index is 2.66. The molecule has 0 aliphatic carbocycles. The molecule has 5 heteroatoms. The summed E-state index contributed by atoms with van der Waals surface area (Å²) in [4.78, 5) is 8.42. The molecule has 0 aromatic carbocycles. The van der Waals surface area contributed by atoms with E-state index in [-0.39, 0.29) is 6.61 Å². The van der Waals surface area contributed by atoms with Crippen LogP contribution in [-0.4, -0.2) is 31.3 Å². The predicted octanol–water partition coefficient (Wildman–Crippen LogP) is 0.276. The van der Waals surface area contributed by atoms with Crippen molar-refractivity contribution < 1.29 is 5.11 Å². The number of fused-ring (bicyclic) bond motifs is 1. The molecule has 2 heterocycles. The third-order valence-electron chi connectivity index (χ3n) is 1.99. The molecule has 0 amide bonds. The smallest absolute Gasteiger partial charge is 0.252 e. The molecule has 0 unspecified atom stereocenters. The lowest BCUT2D eigenvalue weighted by Crippen LogP contribution is -2.04.